The van der Waals surface area contributed by atoms with Crippen LogP contribution in [-0.2, 0) is 17.3 Å². The maximum atomic E-state index is 14.4. The smallest absolute Gasteiger partial charge is 0.392 e. The molecule has 1 aromatic carbocycles. The van der Waals surface area contributed by atoms with Gasteiger partial charge in [-0.25, -0.2) is 5.01 Å². The topological polar surface area (TPSA) is 72.4 Å². The van der Waals surface area contributed by atoms with Crippen molar-refractivity contribution < 1.29 is 23.0 Å². The summed E-state index contributed by atoms with van der Waals surface area (Å²) in [6.45, 7) is 18.1. The van der Waals surface area contributed by atoms with Crippen molar-refractivity contribution in [2.75, 3.05) is 46.0 Å². The minimum Gasteiger partial charge on any atom is -0.392 e. The summed E-state index contributed by atoms with van der Waals surface area (Å²) in [6, 6.07) is 4.49. The Bertz CT molecular complexity index is 1220. The number of hydrogen-bond donors (Lipinski definition) is 3. The molecule has 2 saturated heterocycles. The zero-order valence-corrected chi connectivity index (χ0v) is 25.6. The van der Waals surface area contributed by atoms with E-state index < -0.39 is 11.7 Å². The quantitative estimate of drug-likeness (QED) is 0.398. The summed E-state index contributed by atoms with van der Waals surface area (Å²) in [7, 11) is 0. The maximum Gasteiger partial charge on any atom is 0.416 e. The molecule has 0 aromatic heterocycles. The van der Waals surface area contributed by atoms with E-state index in [2.05, 4.69) is 42.9 Å². The second-order valence-corrected chi connectivity index (χ2v) is 12.6. The summed E-state index contributed by atoms with van der Waals surface area (Å²) in [5.74, 6) is 0.434. The summed E-state index contributed by atoms with van der Waals surface area (Å²) in [5, 5.41) is 24.2. The fraction of sp³-hybridized carbons (Fsp3) is 0.594. The zero-order valence-electron chi connectivity index (χ0n) is 25.6. The second-order valence-electron chi connectivity index (χ2n) is 12.6. The lowest BCUT2D eigenvalue weighted by Crippen LogP contribution is -2.45. The van der Waals surface area contributed by atoms with Gasteiger partial charge < -0.3 is 25.4 Å². The molecule has 1 aromatic rings. The highest BCUT2D eigenvalue weighted by atomic mass is 19.4. The highest BCUT2D eigenvalue weighted by Crippen LogP contribution is 2.41. The molecule has 3 aliphatic heterocycles. The molecule has 0 saturated carbocycles. The molecule has 10 heteroatoms. The number of benzene rings is 1. The van der Waals surface area contributed by atoms with Gasteiger partial charge in [0, 0.05) is 36.8 Å². The average Bonchev–Trinajstić information content (AvgIpc) is 2.93. The Balaban J connectivity index is 1.87. The molecule has 0 spiro atoms. The first-order chi connectivity index (χ1) is 19.8. The maximum absolute atomic E-state index is 14.4. The number of alkyl halides is 3. The summed E-state index contributed by atoms with van der Waals surface area (Å²) in [4.78, 5) is 2.14. The molecule has 0 unspecified atom stereocenters. The highest BCUT2D eigenvalue weighted by molar-refractivity contribution is 5.95. The third kappa shape index (κ3) is 7.57. The minimum atomic E-state index is -4.47. The summed E-state index contributed by atoms with van der Waals surface area (Å²) in [5.41, 5.74) is 2.83. The molecule has 4 rings (SSSR count). The number of halogens is 3. The second kappa shape index (κ2) is 13.2. The van der Waals surface area contributed by atoms with Crippen LogP contribution >= 0.6 is 0 Å². The molecule has 3 heterocycles. The van der Waals surface area contributed by atoms with Crippen molar-refractivity contribution in [3.05, 3.63) is 70.2 Å². The Morgan fingerprint density at radius 3 is 2.40 bits per heavy atom. The van der Waals surface area contributed by atoms with Gasteiger partial charge in [0.1, 0.15) is 0 Å². The van der Waals surface area contributed by atoms with Gasteiger partial charge in [-0.1, -0.05) is 32.6 Å². The van der Waals surface area contributed by atoms with Crippen LogP contribution in [0.2, 0.25) is 0 Å². The molecular weight excluding hydrogens is 543 g/mol. The average molecular weight is 590 g/mol. The molecule has 7 nitrogen and oxygen atoms in total. The number of hydrogen-bond acceptors (Lipinski definition) is 7. The predicted molar refractivity (Wildman–Crippen MR) is 161 cm³/mol. The number of allylic oxidation sites excluding steroid dienone is 1. The molecule has 3 aliphatic rings. The normalized spacial score (nSPS) is 20.0. The van der Waals surface area contributed by atoms with E-state index in [1.165, 1.54) is 12.1 Å². The molecule has 0 amide bonds. The fourth-order valence-electron chi connectivity index (χ4n) is 5.92. The SMILES string of the molecule is C=C1C(NC(C)(C)C)=CC(N2CCOCC2)=NN1/C(Cc1cccc(C(F)(F)F)c1C1CCNCC1)=C(/CO)C(C)C. The number of nitrogens with one attached hydrogen (secondary N) is 2. The van der Waals surface area contributed by atoms with E-state index in [1.807, 2.05) is 19.9 Å². The number of aliphatic hydroxyl groups excluding tert-OH is 1. The Morgan fingerprint density at radius 1 is 1.17 bits per heavy atom. The van der Waals surface area contributed by atoms with E-state index in [1.54, 1.807) is 11.1 Å². The van der Waals surface area contributed by atoms with Gasteiger partial charge in [0.25, 0.3) is 0 Å². The fourth-order valence-corrected chi connectivity index (χ4v) is 5.92. The molecule has 232 valence electrons. The Kier molecular flexibility index (Phi) is 10.1. The number of ether oxygens (including phenoxy) is 1. The van der Waals surface area contributed by atoms with Crippen molar-refractivity contribution >= 4 is 5.84 Å². The Morgan fingerprint density at radius 2 is 1.83 bits per heavy atom. The van der Waals surface area contributed by atoms with Crippen LogP contribution in [0.15, 0.2) is 58.6 Å². The summed E-state index contributed by atoms with van der Waals surface area (Å²) < 4.78 is 48.8. The van der Waals surface area contributed by atoms with Crippen molar-refractivity contribution in [3.63, 3.8) is 0 Å². The van der Waals surface area contributed by atoms with Crippen molar-refractivity contribution in [2.24, 2.45) is 11.0 Å². The van der Waals surface area contributed by atoms with Crippen LogP contribution in [0.3, 0.4) is 0 Å². The molecule has 2 fully saturated rings. The van der Waals surface area contributed by atoms with E-state index in [0.29, 0.717) is 80.3 Å². The van der Waals surface area contributed by atoms with Gasteiger partial charge in [-0.3, -0.25) is 0 Å². The van der Waals surface area contributed by atoms with Crippen LogP contribution in [0.5, 0.6) is 0 Å². The van der Waals surface area contributed by atoms with E-state index in [9.17, 15) is 18.3 Å². The number of morpholine rings is 1. The highest BCUT2D eigenvalue weighted by Gasteiger charge is 2.37. The van der Waals surface area contributed by atoms with Crippen molar-refractivity contribution in [2.45, 2.75) is 71.5 Å². The van der Waals surface area contributed by atoms with Crippen LogP contribution in [-0.4, -0.2) is 72.4 Å². The lowest BCUT2D eigenvalue weighted by Gasteiger charge is -2.38. The number of piperidine rings is 1. The van der Waals surface area contributed by atoms with Crippen LogP contribution in [0.1, 0.15) is 70.1 Å². The van der Waals surface area contributed by atoms with Gasteiger partial charge in [-0.05, 0) is 81.3 Å². The van der Waals surface area contributed by atoms with Gasteiger partial charge in [-0.2, -0.15) is 13.2 Å². The minimum absolute atomic E-state index is 0.0714. The third-order valence-corrected chi connectivity index (χ3v) is 7.99. The molecule has 3 N–H and O–H groups in total. The monoisotopic (exact) mass is 589 g/mol. The first-order valence-corrected chi connectivity index (χ1v) is 14.9. The van der Waals surface area contributed by atoms with E-state index >= 15 is 0 Å². The lowest BCUT2D eigenvalue weighted by atomic mass is 9.82. The first-order valence-electron chi connectivity index (χ1n) is 14.9. The van der Waals surface area contributed by atoms with Gasteiger partial charge >= 0.3 is 6.18 Å². The lowest BCUT2D eigenvalue weighted by molar-refractivity contribution is -0.138. The van der Waals surface area contributed by atoms with Crippen LogP contribution in [0.4, 0.5) is 13.2 Å². The summed E-state index contributed by atoms with van der Waals surface area (Å²) in [6.07, 6.45) is -1.05. The van der Waals surface area contributed by atoms with Crippen LogP contribution < -0.4 is 10.6 Å². The number of aliphatic hydroxyl groups is 1. The molecule has 42 heavy (non-hydrogen) atoms. The zero-order chi connectivity index (χ0) is 30.7. The predicted octanol–water partition coefficient (Wildman–Crippen LogP) is 5.36. The number of nitrogens with zero attached hydrogens (tertiary/aromatic N) is 3. The number of hydrazone groups is 1. The van der Waals surface area contributed by atoms with Crippen molar-refractivity contribution in [3.8, 4) is 0 Å². The van der Waals surface area contributed by atoms with E-state index in [4.69, 9.17) is 9.84 Å². The van der Waals surface area contributed by atoms with Crippen molar-refractivity contribution in [1.29, 1.82) is 0 Å². The molecule has 0 aliphatic carbocycles. The first kappa shape index (κ1) is 32.1. The Hall–Kier alpha value is -2.82. The van der Waals surface area contributed by atoms with Crippen molar-refractivity contribution in [1.82, 2.24) is 20.5 Å². The van der Waals surface area contributed by atoms with Crippen LogP contribution in [0.25, 0.3) is 0 Å². The van der Waals surface area contributed by atoms with Gasteiger partial charge in [0.15, 0.2) is 5.84 Å². The Labute approximate surface area is 248 Å². The standard InChI is InChI=1S/C32H46F3N5O2/c1-21(2)25(20-41)28(18-24-8-7-9-26(32(33,34)35)30(24)23-10-12-36-13-11-23)40-22(3)27(37-31(4,5)6)19-29(38-40)39-14-16-42-17-15-39/h7-9,19,21,23,36-37,41H,3,10-18,20H2,1-2,4-6H3/b28-25-. The van der Waals surface area contributed by atoms with Gasteiger partial charge in [0.2, 0.25) is 0 Å². The van der Waals surface area contributed by atoms with Gasteiger partial charge in [-0.15, -0.1) is 5.10 Å². The van der Waals surface area contributed by atoms with Gasteiger partial charge in [0.05, 0.1) is 36.8 Å². The molecule has 0 radical (unpaired) electrons. The molecule has 0 atom stereocenters. The van der Waals surface area contributed by atoms with Crippen LogP contribution in [0, 0.1) is 5.92 Å². The number of amidine groups is 1. The van der Waals surface area contributed by atoms with E-state index in [-0.39, 0.29) is 30.4 Å². The molecule has 0 bridgehead atoms. The summed E-state index contributed by atoms with van der Waals surface area (Å²) >= 11 is 0. The molecular formula is C32H46F3N5O2. The largest absolute Gasteiger partial charge is 0.416 e. The number of rotatable bonds is 7. The van der Waals surface area contributed by atoms with E-state index in [0.717, 1.165) is 11.5 Å². The third-order valence-electron chi connectivity index (χ3n) is 7.99.